The van der Waals surface area contributed by atoms with E-state index in [0.717, 1.165) is 28.8 Å². The van der Waals surface area contributed by atoms with Gasteiger partial charge in [-0.1, -0.05) is 6.07 Å². The molecule has 2 N–H and O–H groups in total. The Hall–Kier alpha value is -3.75. The topological polar surface area (TPSA) is 112 Å². The molecule has 0 bridgehead atoms. The number of nitrogens with one attached hydrogen (secondary N) is 1. The second kappa shape index (κ2) is 10.2. The van der Waals surface area contributed by atoms with Crippen molar-refractivity contribution in [2.24, 2.45) is 0 Å². The van der Waals surface area contributed by atoms with Crippen LogP contribution in [0.3, 0.4) is 0 Å². The van der Waals surface area contributed by atoms with Gasteiger partial charge in [0, 0.05) is 22.8 Å². The first-order valence-electron chi connectivity index (χ1n) is 10.3. The van der Waals surface area contributed by atoms with Gasteiger partial charge in [-0.3, -0.25) is 14.2 Å². The number of halogens is 3. The lowest BCUT2D eigenvalue weighted by molar-refractivity contribution is -0.137. The van der Waals surface area contributed by atoms with Crippen LogP contribution in [0.25, 0.3) is 5.69 Å². The van der Waals surface area contributed by atoms with Crippen molar-refractivity contribution in [1.82, 2.24) is 9.88 Å². The second-order valence-corrected chi connectivity index (χ2v) is 9.11. The minimum Gasteiger partial charge on any atom is -0.392 e. The number of aliphatic hydroxyl groups is 1. The Kier molecular flexibility index (Phi) is 7.57. The zero-order valence-corrected chi connectivity index (χ0v) is 19.4. The third-order valence-corrected chi connectivity index (χ3v) is 6.55. The maximum absolute atomic E-state index is 13.4. The van der Waals surface area contributed by atoms with Crippen LogP contribution in [0.1, 0.15) is 34.1 Å². The summed E-state index contributed by atoms with van der Waals surface area (Å²) in [6, 6.07) is 12.9. The van der Waals surface area contributed by atoms with E-state index in [1.54, 1.807) is 0 Å². The molecule has 0 aliphatic rings. The zero-order chi connectivity index (χ0) is 25.9. The largest absolute Gasteiger partial charge is 0.416 e. The molecule has 1 unspecified atom stereocenters. The third-order valence-electron chi connectivity index (χ3n) is 5.03. The lowest BCUT2D eigenvalue weighted by atomic mass is 10.1. The summed E-state index contributed by atoms with van der Waals surface area (Å²) in [5.74, 6) is -0.880. The van der Waals surface area contributed by atoms with E-state index in [2.05, 4.69) is 5.32 Å². The number of hydrogen-bond acceptors (Lipinski definition) is 5. The number of benzene rings is 2. The summed E-state index contributed by atoms with van der Waals surface area (Å²) in [5.41, 5.74) is -2.12. The fourth-order valence-electron chi connectivity index (χ4n) is 3.28. The number of nitrogens with zero attached hydrogens (tertiary/aromatic N) is 2. The number of nitriles is 1. The van der Waals surface area contributed by atoms with E-state index in [1.165, 1.54) is 44.2 Å². The first-order valence-corrected chi connectivity index (χ1v) is 11.4. The lowest BCUT2D eigenvalue weighted by Gasteiger charge is -2.18. The van der Waals surface area contributed by atoms with Crippen LogP contribution in [0.2, 0.25) is 0 Å². The van der Waals surface area contributed by atoms with Gasteiger partial charge in [0.05, 0.1) is 39.0 Å². The quantitative estimate of drug-likeness (QED) is 0.536. The van der Waals surface area contributed by atoms with Crippen LogP contribution in [0.5, 0.6) is 0 Å². The van der Waals surface area contributed by atoms with E-state index in [9.17, 15) is 32.1 Å². The second-order valence-electron chi connectivity index (χ2n) is 7.66. The smallest absolute Gasteiger partial charge is 0.392 e. The number of carbonyl (C=O) groups excluding carboxylic acids is 1. The normalized spacial score (nSPS) is 13.1. The van der Waals surface area contributed by atoms with Crippen LogP contribution < -0.4 is 10.9 Å². The molecule has 3 aromatic rings. The number of aromatic nitrogens is 1. The maximum atomic E-state index is 13.4. The Balaban J connectivity index is 2.25. The summed E-state index contributed by atoms with van der Waals surface area (Å²) in [7, 11) is -1.94. The molecule has 35 heavy (non-hydrogen) atoms. The molecule has 2 aromatic carbocycles. The molecule has 0 aliphatic heterocycles. The molecule has 1 amide bonds. The van der Waals surface area contributed by atoms with Crippen molar-refractivity contribution in [1.29, 1.82) is 5.26 Å². The van der Waals surface area contributed by atoms with Gasteiger partial charge in [-0.25, -0.2) is 4.21 Å². The van der Waals surface area contributed by atoms with Crippen LogP contribution in [0.15, 0.2) is 69.2 Å². The van der Waals surface area contributed by atoms with E-state index in [4.69, 9.17) is 5.26 Å². The van der Waals surface area contributed by atoms with Crippen molar-refractivity contribution >= 4 is 16.7 Å². The molecule has 1 heterocycles. The number of carbonyl (C=O) groups is 1. The van der Waals surface area contributed by atoms with E-state index in [0.29, 0.717) is 5.56 Å². The molecule has 2 atom stereocenters. The molecule has 7 nitrogen and oxygen atoms in total. The van der Waals surface area contributed by atoms with Crippen LogP contribution in [-0.2, 0) is 17.0 Å². The van der Waals surface area contributed by atoms with Gasteiger partial charge in [0.2, 0.25) is 0 Å². The zero-order valence-electron chi connectivity index (χ0n) is 18.6. The third kappa shape index (κ3) is 5.67. The van der Waals surface area contributed by atoms with Crippen LogP contribution in [0, 0.1) is 18.3 Å². The molecule has 0 spiro atoms. The Bertz CT molecular complexity index is 1390. The summed E-state index contributed by atoms with van der Waals surface area (Å²) in [5, 5.41) is 20.8. The molecular weight excluding hydrogens is 483 g/mol. The highest BCUT2D eigenvalue weighted by molar-refractivity contribution is 7.85. The van der Waals surface area contributed by atoms with Gasteiger partial charge in [0.25, 0.3) is 11.5 Å². The number of hydrogen-bond donors (Lipinski definition) is 2. The van der Waals surface area contributed by atoms with Gasteiger partial charge in [-0.15, -0.1) is 0 Å². The van der Waals surface area contributed by atoms with Crippen LogP contribution >= 0.6 is 0 Å². The number of alkyl halides is 3. The van der Waals surface area contributed by atoms with Gasteiger partial charge < -0.3 is 10.4 Å². The van der Waals surface area contributed by atoms with E-state index < -0.39 is 45.7 Å². The Morgan fingerprint density at radius 2 is 1.86 bits per heavy atom. The first-order chi connectivity index (χ1) is 16.4. The summed E-state index contributed by atoms with van der Waals surface area (Å²) in [6.45, 7) is 2.65. The Morgan fingerprint density at radius 1 is 1.20 bits per heavy atom. The van der Waals surface area contributed by atoms with Gasteiger partial charge in [-0.2, -0.15) is 18.4 Å². The maximum Gasteiger partial charge on any atom is 0.416 e. The van der Waals surface area contributed by atoms with Gasteiger partial charge in [0.1, 0.15) is 5.56 Å². The molecule has 0 aliphatic carbocycles. The summed E-state index contributed by atoms with van der Waals surface area (Å²) in [6.07, 6.45) is -5.59. The SMILES string of the molecule is Cc1c(S(=O)c2ccc(C#N)cc2)cc(C(=O)NC[C@@H](C)O)c(=O)n1-c1cccc(C(F)(F)F)c1. The van der Waals surface area contributed by atoms with E-state index in [-0.39, 0.29) is 27.7 Å². The predicted octanol–water partition coefficient (Wildman–Crippen LogP) is 3.31. The average molecular weight is 504 g/mol. The van der Waals surface area contributed by atoms with Crippen molar-refractivity contribution in [2.75, 3.05) is 6.54 Å². The van der Waals surface area contributed by atoms with Crippen molar-refractivity contribution in [3.8, 4) is 11.8 Å². The highest BCUT2D eigenvalue weighted by Crippen LogP contribution is 2.31. The van der Waals surface area contributed by atoms with Gasteiger partial charge >= 0.3 is 6.18 Å². The predicted molar refractivity (Wildman–Crippen MR) is 122 cm³/mol. The first kappa shape index (κ1) is 25.9. The number of pyridine rings is 1. The average Bonchev–Trinajstić information content (AvgIpc) is 2.82. The number of amides is 1. The molecule has 3 rings (SSSR count). The minimum absolute atomic E-state index is 0.0221. The minimum atomic E-state index is -4.67. The molecule has 182 valence electrons. The van der Waals surface area contributed by atoms with Crippen molar-refractivity contribution in [3.05, 3.63) is 87.3 Å². The standard InChI is InChI=1S/C24H20F3N3O4S/c1-14(31)13-29-22(32)20-11-21(35(34)19-8-6-16(12-28)7-9-19)15(2)30(23(20)33)18-5-3-4-17(10-18)24(25,26)27/h3-11,14,31H,13H2,1-2H3,(H,29,32)/t14-,35?/m1/s1. The van der Waals surface area contributed by atoms with Crippen molar-refractivity contribution in [3.63, 3.8) is 0 Å². The molecule has 1 aromatic heterocycles. The Morgan fingerprint density at radius 3 is 2.43 bits per heavy atom. The number of aliphatic hydroxyl groups excluding tert-OH is 1. The Labute approximate surface area is 200 Å². The molecule has 0 saturated carbocycles. The van der Waals surface area contributed by atoms with Crippen LogP contribution in [-0.4, -0.2) is 32.4 Å². The van der Waals surface area contributed by atoms with Gasteiger partial charge in [-0.05, 0) is 62.4 Å². The van der Waals surface area contributed by atoms with Gasteiger partial charge in [0.15, 0.2) is 0 Å². The molecule has 11 heteroatoms. The molecule has 0 fully saturated rings. The van der Waals surface area contributed by atoms with E-state index >= 15 is 0 Å². The summed E-state index contributed by atoms with van der Waals surface area (Å²) in [4.78, 5) is 26.3. The van der Waals surface area contributed by atoms with E-state index in [1.807, 2.05) is 6.07 Å². The summed E-state index contributed by atoms with van der Waals surface area (Å²) >= 11 is 0. The number of rotatable bonds is 6. The fraction of sp³-hybridized carbons (Fsp3) is 0.208. The molecule has 0 saturated heterocycles. The highest BCUT2D eigenvalue weighted by Gasteiger charge is 2.31. The molecular formula is C24H20F3N3O4S. The summed E-state index contributed by atoms with van der Waals surface area (Å²) < 4.78 is 54.2. The van der Waals surface area contributed by atoms with Crippen LogP contribution in [0.4, 0.5) is 13.2 Å². The van der Waals surface area contributed by atoms with Crippen molar-refractivity contribution < 1.29 is 27.3 Å². The monoisotopic (exact) mass is 503 g/mol. The fourth-order valence-corrected chi connectivity index (χ4v) is 4.50. The van der Waals surface area contributed by atoms with Crippen molar-refractivity contribution in [2.45, 2.75) is 35.9 Å². The molecule has 0 radical (unpaired) electrons. The highest BCUT2D eigenvalue weighted by atomic mass is 32.2. The lowest BCUT2D eigenvalue weighted by Crippen LogP contribution is -2.37.